The molecule has 0 atom stereocenters. The van der Waals surface area contributed by atoms with Gasteiger partial charge in [0.2, 0.25) is 10.0 Å². The van der Waals surface area contributed by atoms with E-state index in [1.807, 2.05) is 0 Å². The average molecular weight is 489 g/mol. The predicted molar refractivity (Wildman–Crippen MR) is 120 cm³/mol. The molecule has 1 saturated heterocycles. The van der Waals surface area contributed by atoms with Crippen molar-refractivity contribution in [3.05, 3.63) is 59.8 Å². The van der Waals surface area contributed by atoms with Crippen LogP contribution >= 0.6 is 0 Å². The van der Waals surface area contributed by atoms with Crippen molar-refractivity contribution in [3.8, 4) is 22.8 Å². The van der Waals surface area contributed by atoms with E-state index in [0.717, 1.165) is 5.56 Å². The summed E-state index contributed by atoms with van der Waals surface area (Å²) in [5.74, 6) is 1.00. The van der Waals surface area contributed by atoms with Gasteiger partial charge in [0, 0.05) is 24.7 Å². The molecule has 34 heavy (non-hydrogen) atoms. The summed E-state index contributed by atoms with van der Waals surface area (Å²) in [7, 11) is -0.541. The van der Waals surface area contributed by atoms with Crippen LogP contribution in [-0.2, 0) is 26.1 Å². The molecule has 0 N–H and O–H groups in total. The third-order valence-electron chi connectivity index (χ3n) is 5.28. The fourth-order valence-corrected chi connectivity index (χ4v) is 4.84. The number of morpholine rings is 1. The second-order valence-corrected chi connectivity index (χ2v) is 9.31. The Morgan fingerprint density at radius 1 is 1.00 bits per heavy atom. The molecule has 2 aromatic carbocycles. The van der Waals surface area contributed by atoms with Gasteiger partial charge < -0.3 is 23.5 Å². The summed E-state index contributed by atoms with van der Waals surface area (Å²) in [5.41, 5.74) is 1.37. The van der Waals surface area contributed by atoms with E-state index < -0.39 is 16.0 Å². The highest BCUT2D eigenvalue weighted by atomic mass is 32.2. The minimum Gasteiger partial charge on any atom is -0.493 e. The number of nitrogens with zero attached hydrogens (tertiary/aromatic N) is 2. The lowest BCUT2D eigenvalue weighted by Crippen LogP contribution is -2.40. The standard InChI is InChI=1S/C23H24N2O8S/c1-29-20-8-5-17(13-22(20)30-2)21-14-18(24-33-21)15-32-23(26)16-3-6-19(7-4-16)34(27,28)25-9-11-31-12-10-25/h3-8,13-14H,9-12,15H2,1-2H3. The van der Waals surface area contributed by atoms with E-state index in [-0.39, 0.29) is 17.1 Å². The molecule has 0 radical (unpaired) electrons. The Labute approximate surface area is 197 Å². The highest BCUT2D eigenvalue weighted by Gasteiger charge is 2.26. The van der Waals surface area contributed by atoms with Crippen LogP contribution in [0.3, 0.4) is 0 Å². The van der Waals surface area contributed by atoms with Crippen LogP contribution in [0.5, 0.6) is 11.5 Å². The van der Waals surface area contributed by atoms with Crippen molar-refractivity contribution in [3.63, 3.8) is 0 Å². The zero-order valence-electron chi connectivity index (χ0n) is 18.7. The van der Waals surface area contributed by atoms with Gasteiger partial charge in [-0.1, -0.05) is 5.16 Å². The fourth-order valence-electron chi connectivity index (χ4n) is 3.43. The van der Waals surface area contributed by atoms with Crippen molar-refractivity contribution >= 4 is 16.0 Å². The molecule has 0 aliphatic carbocycles. The quantitative estimate of drug-likeness (QED) is 0.441. The van der Waals surface area contributed by atoms with Crippen molar-refractivity contribution in [2.24, 2.45) is 0 Å². The molecule has 11 heteroatoms. The van der Waals surface area contributed by atoms with E-state index in [0.29, 0.717) is 49.3 Å². The monoisotopic (exact) mass is 488 g/mol. The van der Waals surface area contributed by atoms with E-state index >= 15 is 0 Å². The Morgan fingerprint density at radius 3 is 2.38 bits per heavy atom. The summed E-state index contributed by atoms with van der Waals surface area (Å²) >= 11 is 0. The molecule has 1 aromatic heterocycles. The maximum Gasteiger partial charge on any atom is 0.338 e. The molecule has 2 heterocycles. The number of sulfonamides is 1. The molecular formula is C23H24N2O8S. The minimum absolute atomic E-state index is 0.108. The number of carbonyl (C=O) groups is 1. The summed E-state index contributed by atoms with van der Waals surface area (Å²) in [6, 6.07) is 12.6. The number of benzene rings is 2. The number of hydrogen-bond acceptors (Lipinski definition) is 9. The molecule has 0 unspecified atom stereocenters. The van der Waals surface area contributed by atoms with Gasteiger partial charge in [-0.25, -0.2) is 13.2 Å². The van der Waals surface area contributed by atoms with Gasteiger partial charge in [-0.15, -0.1) is 0 Å². The number of ether oxygens (including phenoxy) is 4. The van der Waals surface area contributed by atoms with Gasteiger partial charge in [-0.05, 0) is 42.5 Å². The second-order valence-electron chi connectivity index (χ2n) is 7.37. The molecule has 0 amide bonds. The Balaban J connectivity index is 1.38. The first kappa shape index (κ1) is 23.7. The van der Waals surface area contributed by atoms with Crippen LogP contribution < -0.4 is 9.47 Å². The molecule has 4 rings (SSSR count). The molecule has 1 aliphatic rings. The molecule has 0 saturated carbocycles. The molecule has 10 nitrogen and oxygen atoms in total. The number of esters is 1. The van der Waals surface area contributed by atoms with E-state index in [9.17, 15) is 13.2 Å². The molecule has 1 aliphatic heterocycles. The van der Waals surface area contributed by atoms with Gasteiger partial charge in [-0.2, -0.15) is 4.31 Å². The number of carbonyl (C=O) groups excluding carboxylic acids is 1. The number of rotatable bonds is 8. The molecule has 180 valence electrons. The normalized spacial score (nSPS) is 14.5. The van der Waals surface area contributed by atoms with Crippen molar-refractivity contribution in [2.75, 3.05) is 40.5 Å². The van der Waals surface area contributed by atoms with Gasteiger partial charge in [-0.3, -0.25) is 0 Å². The van der Waals surface area contributed by atoms with Crippen molar-refractivity contribution in [1.29, 1.82) is 0 Å². The van der Waals surface area contributed by atoms with Crippen molar-refractivity contribution in [2.45, 2.75) is 11.5 Å². The smallest absolute Gasteiger partial charge is 0.338 e. The molecule has 0 spiro atoms. The highest BCUT2D eigenvalue weighted by molar-refractivity contribution is 7.89. The number of methoxy groups -OCH3 is 2. The SMILES string of the molecule is COc1ccc(-c2cc(COC(=O)c3ccc(S(=O)(=O)N4CCOCC4)cc3)no2)cc1OC. The van der Waals surface area contributed by atoms with Crippen LogP contribution in [0, 0.1) is 0 Å². The van der Waals surface area contributed by atoms with Crippen LogP contribution in [0.2, 0.25) is 0 Å². The zero-order valence-corrected chi connectivity index (χ0v) is 19.5. The van der Waals surface area contributed by atoms with Crippen LogP contribution in [0.4, 0.5) is 0 Å². The summed E-state index contributed by atoms with van der Waals surface area (Å²) in [4.78, 5) is 12.5. The van der Waals surface area contributed by atoms with Crippen LogP contribution in [0.15, 0.2) is 57.9 Å². The Bertz CT molecular complexity index is 1250. The van der Waals surface area contributed by atoms with Crippen LogP contribution in [-0.4, -0.2) is 64.4 Å². The molecule has 3 aromatic rings. The summed E-state index contributed by atoms with van der Waals surface area (Å²) in [5, 5.41) is 3.94. The molecule has 0 bridgehead atoms. The first-order valence-corrected chi connectivity index (χ1v) is 11.9. The lowest BCUT2D eigenvalue weighted by atomic mass is 10.1. The molecular weight excluding hydrogens is 464 g/mol. The lowest BCUT2D eigenvalue weighted by Gasteiger charge is -2.26. The Kier molecular flexibility index (Phi) is 7.15. The first-order chi connectivity index (χ1) is 16.4. The maximum atomic E-state index is 12.7. The summed E-state index contributed by atoms with van der Waals surface area (Å²) in [6.07, 6.45) is 0. The zero-order chi connectivity index (χ0) is 24.1. The van der Waals surface area contributed by atoms with Gasteiger partial charge in [0.1, 0.15) is 12.3 Å². The summed E-state index contributed by atoms with van der Waals surface area (Å²) in [6.45, 7) is 1.21. The molecule has 1 fully saturated rings. The second kappa shape index (κ2) is 10.2. The predicted octanol–water partition coefficient (Wildman–Crippen LogP) is 2.74. The van der Waals surface area contributed by atoms with Gasteiger partial charge in [0.15, 0.2) is 17.3 Å². The highest BCUT2D eigenvalue weighted by Crippen LogP contribution is 2.32. The largest absolute Gasteiger partial charge is 0.493 e. The van der Waals surface area contributed by atoms with Gasteiger partial charge in [0.25, 0.3) is 0 Å². The fraction of sp³-hybridized carbons (Fsp3) is 0.304. The van der Waals surface area contributed by atoms with E-state index in [1.54, 1.807) is 31.4 Å². The number of hydrogen-bond donors (Lipinski definition) is 0. The number of aromatic nitrogens is 1. The van der Waals surface area contributed by atoms with Crippen LogP contribution in [0.1, 0.15) is 16.1 Å². The maximum absolute atomic E-state index is 12.7. The lowest BCUT2D eigenvalue weighted by molar-refractivity contribution is 0.0464. The average Bonchev–Trinajstić information content (AvgIpc) is 3.36. The Hall–Kier alpha value is -3.41. The first-order valence-electron chi connectivity index (χ1n) is 10.5. The summed E-state index contributed by atoms with van der Waals surface area (Å²) < 4.78 is 53.1. The van der Waals surface area contributed by atoms with Gasteiger partial charge >= 0.3 is 5.97 Å². The topological polar surface area (TPSA) is 117 Å². The van der Waals surface area contributed by atoms with E-state index in [4.69, 9.17) is 23.5 Å². The van der Waals surface area contributed by atoms with E-state index in [2.05, 4.69) is 5.16 Å². The minimum atomic E-state index is -3.63. The third kappa shape index (κ3) is 5.06. The third-order valence-corrected chi connectivity index (χ3v) is 7.19. The van der Waals surface area contributed by atoms with Crippen LogP contribution in [0.25, 0.3) is 11.3 Å². The van der Waals surface area contributed by atoms with E-state index in [1.165, 1.54) is 35.7 Å². The van der Waals surface area contributed by atoms with Gasteiger partial charge in [0.05, 0.1) is 37.9 Å². The van der Waals surface area contributed by atoms with Crippen molar-refractivity contribution in [1.82, 2.24) is 9.46 Å². The Morgan fingerprint density at radius 2 is 1.71 bits per heavy atom. The van der Waals surface area contributed by atoms with Crippen molar-refractivity contribution < 1.29 is 36.7 Å².